The molecule has 0 aliphatic carbocycles. The maximum Gasteiger partial charge on any atom is 0.184 e. The molecular weight excluding hydrogens is 274 g/mol. The normalized spacial score (nSPS) is 10.2. The van der Waals surface area contributed by atoms with Crippen LogP contribution in [0.2, 0.25) is 0 Å². The van der Waals surface area contributed by atoms with Gasteiger partial charge in [0.2, 0.25) is 0 Å². The van der Waals surface area contributed by atoms with Gasteiger partial charge in [-0.05, 0) is 19.1 Å². The number of aryl methyl sites for hydroxylation is 1. The number of nitrogens with one attached hydrogen (secondary N) is 1. The van der Waals surface area contributed by atoms with Crippen LogP contribution in [0.5, 0.6) is 5.75 Å². The summed E-state index contributed by atoms with van der Waals surface area (Å²) in [5.41, 5.74) is 7.37. The van der Waals surface area contributed by atoms with E-state index in [1.807, 2.05) is 19.1 Å². The first-order chi connectivity index (χ1) is 10.0. The third-order valence-electron chi connectivity index (χ3n) is 2.90. The van der Waals surface area contributed by atoms with Gasteiger partial charge in [0.15, 0.2) is 11.6 Å². The molecule has 3 nitrogen and oxygen atoms in total. The van der Waals surface area contributed by atoms with Crippen molar-refractivity contribution < 1.29 is 13.5 Å². The van der Waals surface area contributed by atoms with Crippen LogP contribution in [0.3, 0.4) is 0 Å². The van der Waals surface area contributed by atoms with Gasteiger partial charge in [-0.1, -0.05) is 30.4 Å². The zero-order chi connectivity index (χ0) is 15.4. The van der Waals surface area contributed by atoms with Crippen molar-refractivity contribution in [2.45, 2.75) is 6.92 Å². The summed E-state index contributed by atoms with van der Waals surface area (Å²) >= 11 is 0. The number of nitrogens with two attached hydrogens (primary N) is 1. The zero-order valence-corrected chi connectivity index (χ0v) is 11.6. The van der Waals surface area contributed by atoms with E-state index in [0.717, 1.165) is 11.6 Å². The fraction of sp³-hybridized carbons (Fsp3) is 0.125. The maximum atomic E-state index is 13.9. The Hall–Kier alpha value is -2.56. The summed E-state index contributed by atoms with van der Waals surface area (Å²) in [7, 11) is 0. The number of anilines is 3. The summed E-state index contributed by atoms with van der Waals surface area (Å²) in [6.45, 7) is 5.58. The van der Waals surface area contributed by atoms with E-state index < -0.39 is 11.6 Å². The highest BCUT2D eigenvalue weighted by Crippen LogP contribution is 2.36. The summed E-state index contributed by atoms with van der Waals surface area (Å²) in [5.74, 6) is -2.00. The van der Waals surface area contributed by atoms with E-state index in [1.54, 1.807) is 12.1 Å². The third-order valence-corrected chi connectivity index (χ3v) is 2.90. The number of ether oxygens (including phenoxy) is 1. The van der Waals surface area contributed by atoms with E-state index in [2.05, 4.69) is 11.9 Å². The van der Waals surface area contributed by atoms with E-state index in [0.29, 0.717) is 5.69 Å². The lowest BCUT2D eigenvalue weighted by atomic mass is 10.2. The Balaban J connectivity index is 2.39. The summed E-state index contributed by atoms with van der Waals surface area (Å²) in [4.78, 5) is 0. The second-order valence-electron chi connectivity index (χ2n) is 4.55. The van der Waals surface area contributed by atoms with Gasteiger partial charge in [0, 0.05) is 11.8 Å². The molecular formula is C16H16F2N2O. The Bertz CT molecular complexity index is 654. The van der Waals surface area contributed by atoms with Gasteiger partial charge in [0.05, 0.1) is 0 Å². The Morgan fingerprint density at radius 2 is 1.95 bits per heavy atom. The van der Waals surface area contributed by atoms with Crippen LogP contribution in [-0.4, -0.2) is 6.61 Å². The SMILES string of the molecule is C=CCOc1cc(F)c(F)c(Nc2ccc(C)cc2)c1N. The number of halogens is 2. The summed E-state index contributed by atoms with van der Waals surface area (Å²) in [6.07, 6.45) is 1.49. The van der Waals surface area contributed by atoms with E-state index in [4.69, 9.17) is 10.5 Å². The van der Waals surface area contributed by atoms with E-state index in [1.165, 1.54) is 6.08 Å². The average Bonchev–Trinajstić information content (AvgIpc) is 2.48. The monoisotopic (exact) mass is 290 g/mol. The van der Waals surface area contributed by atoms with Gasteiger partial charge in [-0.2, -0.15) is 0 Å². The maximum absolute atomic E-state index is 13.9. The van der Waals surface area contributed by atoms with Gasteiger partial charge in [-0.3, -0.25) is 0 Å². The molecule has 0 spiro atoms. The minimum absolute atomic E-state index is 0.0105. The molecule has 0 saturated carbocycles. The molecule has 21 heavy (non-hydrogen) atoms. The summed E-state index contributed by atoms with van der Waals surface area (Å²) in [6, 6.07) is 8.14. The van der Waals surface area contributed by atoms with Crippen molar-refractivity contribution in [2.24, 2.45) is 0 Å². The van der Waals surface area contributed by atoms with Crippen LogP contribution in [0.25, 0.3) is 0 Å². The zero-order valence-electron chi connectivity index (χ0n) is 11.6. The molecule has 0 bridgehead atoms. The first-order valence-electron chi connectivity index (χ1n) is 6.37. The van der Waals surface area contributed by atoms with Crippen molar-refractivity contribution in [1.82, 2.24) is 0 Å². The highest BCUT2D eigenvalue weighted by molar-refractivity contribution is 5.78. The molecule has 3 N–H and O–H groups in total. The van der Waals surface area contributed by atoms with Crippen molar-refractivity contribution in [3.63, 3.8) is 0 Å². The number of hydrogen-bond acceptors (Lipinski definition) is 3. The quantitative estimate of drug-likeness (QED) is 0.642. The first-order valence-corrected chi connectivity index (χ1v) is 6.37. The van der Waals surface area contributed by atoms with Crippen LogP contribution in [0, 0.1) is 18.6 Å². The molecule has 2 aromatic rings. The van der Waals surface area contributed by atoms with Gasteiger partial charge in [-0.15, -0.1) is 0 Å². The van der Waals surface area contributed by atoms with Crippen molar-refractivity contribution in [3.8, 4) is 5.75 Å². The molecule has 0 aliphatic rings. The standard InChI is InChI=1S/C16H16F2N2O/c1-3-8-21-13-9-12(17)14(18)16(15(13)19)20-11-6-4-10(2)5-7-11/h3-7,9,20H,1,8,19H2,2H3. The van der Waals surface area contributed by atoms with Crippen LogP contribution < -0.4 is 15.8 Å². The Labute approximate surface area is 122 Å². The number of hydrogen-bond donors (Lipinski definition) is 2. The third kappa shape index (κ3) is 3.31. The molecule has 110 valence electrons. The molecule has 0 saturated heterocycles. The Morgan fingerprint density at radius 1 is 1.29 bits per heavy atom. The molecule has 2 rings (SSSR count). The lowest BCUT2D eigenvalue weighted by molar-refractivity contribution is 0.361. The predicted octanol–water partition coefficient (Wildman–Crippen LogP) is 4.16. The number of rotatable bonds is 5. The largest absolute Gasteiger partial charge is 0.487 e. The van der Waals surface area contributed by atoms with Crippen LogP contribution >= 0.6 is 0 Å². The van der Waals surface area contributed by atoms with Crippen LogP contribution in [0.15, 0.2) is 43.0 Å². The molecule has 0 radical (unpaired) electrons. The van der Waals surface area contributed by atoms with Gasteiger partial charge in [0.25, 0.3) is 0 Å². The lowest BCUT2D eigenvalue weighted by Crippen LogP contribution is -2.05. The minimum atomic E-state index is -1.04. The molecule has 0 heterocycles. The highest BCUT2D eigenvalue weighted by Gasteiger charge is 2.17. The highest BCUT2D eigenvalue weighted by atomic mass is 19.2. The fourth-order valence-electron chi connectivity index (χ4n) is 1.79. The molecule has 0 aromatic heterocycles. The van der Waals surface area contributed by atoms with E-state index in [-0.39, 0.29) is 23.7 Å². The number of nitrogen functional groups attached to an aromatic ring is 1. The van der Waals surface area contributed by atoms with Crippen molar-refractivity contribution in [3.05, 3.63) is 60.2 Å². The van der Waals surface area contributed by atoms with Gasteiger partial charge in [-0.25, -0.2) is 8.78 Å². The molecule has 0 atom stereocenters. The topological polar surface area (TPSA) is 47.3 Å². The molecule has 2 aromatic carbocycles. The van der Waals surface area contributed by atoms with Crippen LogP contribution in [0.1, 0.15) is 5.56 Å². The lowest BCUT2D eigenvalue weighted by Gasteiger charge is -2.15. The van der Waals surface area contributed by atoms with Crippen LogP contribution in [-0.2, 0) is 0 Å². The molecule has 0 aliphatic heterocycles. The Kier molecular flexibility index (Phi) is 4.42. The van der Waals surface area contributed by atoms with Crippen molar-refractivity contribution >= 4 is 17.1 Å². The van der Waals surface area contributed by atoms with E-state index in [9.17, 15) is 8.78 Å². The predicted molar refractivity (Wildman–Crippen MR) is 80.9 cm³/mol. The molecule has 5 heteroatoms. The van der Waals surface area contributed by atoms with Gasteiger partial charge >= 0.3 is 0 Å². The van der Waals surface area contributed by atoms with Crippen molar-refractivity contribution in [1.29, 1.82) is 0 Å². The minimum Gasteiger partial charge on any atom is -0.487 e. The summed E-state index contributed by atoms with van der Waals surface area (Å²) < 4.78 is 32.8. The first kappa shape index (κ1) is 14.8. The fourth-order valence-corrected chi connectivity index (χ4v) is 1.79. The second kappa shape index (κ2) is 6.26. The number of benzene rings is 2. The molecule has 0 fully saturated rings. The van der Waals surface area contributed by atoms with Gasteiger partial charge < -0.3 is 15.8 Å². The smallest absolute Gasteiger partial charge is 0.184 e. The van der Waals surface area contributed by atoms with Crippen LogP contribution in [0.4, 0.5) is 25.8 Å². The second-order valence-corrected chi connectivity index (χ2v) is 4.55. The summed E-state index contributed by atoms with van der Waals surface area (Å²) in [5, 5.41) is 2.78. The molecule has 0 unspecified atom stereocenters. The average molecular weight is 290 g/mol. The molecule has 0 amide bonds. The van der Waals surface area contributed by atoms with Crippen molar-refractivity contribution in [2.75, 3.05) is 17.7 Å². The van der Waals surface area contributed by atoms with Gasteiger partial charge in [0.1, 0.15) is 23.7 Å². The van der Waals surface area contributed by atoms with E-state index >= 15 is 0 Å². The Morgan fingerprint density at radius 3 is 2.57 bits per heavy atom.